The van der Waals surface area contributed by atoms with Gasteiger partial charge in [-0.05, 0) is 30.2 Å². The van der Waals surface area contributed by atoms with E-state index in [9.17, 15) is 0 Å². The quantitative estimate of drug-likeness (QED) is 0.394. The van der Waals surface area contributed by atoms with E-state index in [2.05, 4.69) is 18.8 Å². The molecule has 0 saturated heterocycles. The van der Waals surface area contributed by atoms with Crippen LogP contribution in [0.15, 0.2) is 17.2 Å². The van der Waals surface area contributed by atoms with Crippen molar-refractivity contribution in [1.29, 1.82) is 0 Å². The first-order chi connectivity index (χ1) is 6.31. The molecule has 0 fully saturated rings. The van der Waals surface area contributed by atoms with E-state index in [1.165, 1.54) is 0 Å². The molecule has 0 aliphatic carbocycles. The first-order valence-electron chi connectivity index (χ1n) is 3.59. The van der Waals surface area contributed by atoms with E-state index >= 15 is 0 Å². The maximum absolute atomic E-state index is 8.29. The lowest BCUT2D eigenvalue weighted by molar-refractivity contribution is 1.39. The average molecular weight is 191 g/mol. The molecule has 0 amide bonds. The fraction of sp³-hybridized carbons (Fsp3) is 0.143. The van der Waals surface area contributed by atoms with E-state index in [1.54, 1.807) is 6.07 Å². The molecule has 0 radical (unpaired) electrons. The molecule has 2 rings (SSSR count). The Morgan fingerprint density at radius 3 is 2.77 bits per heavy atom. The fourth-order valence-electron chi connectivity index (χ4n) is 1.08. The van der Waals surface area contributed by atoms with Crippen LogP contribution >= 0.6 is 11.7 Å². The summed E-state index contributed by atoms with van der Waals surface area (Å²) in [5.41, 5.74) is 11.4. The Balaban J connectivity index is 2.75. The standard InChI is InChI=1S/C7H5N5S/c1-4-2-6-7(11-13-10-6)3-5(4)9-12-8/h2-3H,1H3. The summed E-state index contributed by atoms with van der Waals surface area (Å²) in [5.74, 6) is 0. The van der Waals surface area contributed by atoms with Crippen molar-refractivity contribution >= 4 is 28.4 Å². The van der Waals surface area contributed by atoms with E-state index in [0.29, 0.717) is 5.69 Å². The zero-order valence-corrected chi connectivity index (χ0v) is 7.62. The minimum Gasteiger partial charge on any atom is -0.173 e. The highest BCUT2D eigenvalue weighted by Crippen LogP contribution is 2.24. The van der Waals surface area contributed by atoms with Crippen molar-refractivity contribution in [3.63, 3.8) is 0 Å². The van der Waals surface area contributed by atoms with Crippen LogP contribution < -0.4 is 0 Å². The molecule has 0 unspecified atom stereocenters. The largest absolute Gasteiger partial charge is 0.173 e. The van der Waals surface area contributed by atoms with Crippen molar-refractivity contribution in [3.8, 4) is 0 Å². The second kappa shape index (κ2) is 3.01. The molecule has 0 bridgehead atoms. The lowest BCUT2D eigenvalue weighted by Gasteiger charge is -1.96. The third-order valence-electron chi connectivity index (χ3n) is 1.72. The number of fused-ring (bicyclic) bond motifs is 1. The molecule has 1 aromatic carbocycles. The summed E-state index contributed by atoms with van der Waals surface area (Å²) in [6.45, 7) is 1.88. The van der Waals surface area contributed by atoms with Gasteiger partial charge in [-0.2, -0.15) is 8.75 Å². The Morgan fingerprint density at radius 1 is 1.38 bits per heavy atom. The molecule has 0 aliphatic heterocycles. The van der Waals surface area contributed by atoms with Crippen LogP contribution in [-0.2, 0) is 0 Å². The zero-order valence-electron chi connectivity index (χ0n) is 6.80. The number of hydrogen-bond acceptors (Lipinski definition) is 4. The Kier molecular flexibility index (Phi) is 1.84. The minimum atomic E-state index is 0.614. The summed E-state index contributed by atoms with van der Waals surface area (Å²) in [7, 11) is 0. The van der Waals surface area contributed by atoms with Crippen molar-refractivity contribution in [1.82, 2.24) is 8.75 Å². The predicted octanol–water partition coefficient (Wildman–Crippen LogP) is 2.94. The summed E-state index contributed by atoms with van der Waals surface area (Å²) >= 11 is 1.15. The number of azide groups is 1. The van der Waals surface area contributed by atoms with E-state index in [4.69, 9.17) is 5.53 Å². The highest BCUT2D eigenvalue weighted by Gasteiger charge is 2.02. The summed E-state index contributed by atoms with van der Waals surface area (Å²) in [6, 6.07) is 3.61. The van der Waals surface area contributed by atoms with Gasteiger partial charge >= 0.3 is 0 Å². The molecule has 0 atom stereocenters. The van der Waals surface area contributed by atoms with Crippen LogP contribution in [0.1, 0.15) is 5.56 Å². The van der Waals surface area contributed by atoms with Gasteiger partial charge in [-0.25, -0.2) is 0 Å². The van der Waals surface area contributed by atoms with Crippen LogP contribution in [0.5, 0.6) is 0 Å². The SMILES string of the molecule is Cc1cc2nsnc2cc1N=[N+]=[N-]. The summed E-state index contributed by atoms with van der Waals surface area (Å²) in [4.78, 5) is 2.74. The third-order valence-corrected chi connectivity index (χ3v) is 2.28. The van der Waals surface area contributed by atoms with Crippen molar-refractivity contribution in [2.24, 2.45) is 5.11 Å². The smallest absolute Gasteiger partial charge is 0.105 e. The maximum Gasteiger partial charge on any atom is 0.105 e. The minimum absolute atomic E-state index is 0.614. The first-order valence-corrected chi connectivity index (χ1v) is 4.32. The molecule has 1 aromatic heterocycles. The Hall–Kier alpha value is -1.65. The predicted molar refractivity (Wildman–Crippen MR) is 51.0 cm³/mol. The number of aromatic nitrogens is 2. The van der Waals surface area contributed by atoms with Gasteiger partial charge in [-0.15, -0.1) is 0 Å². The topological polar surface area (TPSA) is 74.5 Å². The van der Waals surface area contributed by atoms with Gasteiger partial charge in [0.25, 0.3) is 0 Å². The number of nitrogens with zero attached hydrogens (tertiary/aromatic N) is 5. The molecule has 0 N–H and O–H groups in total. The van der Waals surface area contributed by atoms with Crippen LogP contribution in [0, 0.1) is 6.92 Å². The lowest BCUT2D eigenvalue weighted by atomic mass is 10.2. The molecule has 2 aromatic rings. The number of benzene rings is 1. The van der Waals surface area contributed by atoms with Crippen molar-refractivity contribution in [2.45, 2.75) is 6.92 Å². The summed E-state index contributed by atoms with van der Waals surface area (Å²) in [5, 5.41) is 3.55. The van der Waals surface area contributed by atoms with Crippen molar-refractivity contribution < 1.29 is 0 Å². The summed E-state index contributed by atoms with van der Waals surface area (Å²) < 4.78 is 8.13. The van der Waals surface area contributed by atoms with Crippen LogP contribution in [-0.4, -0.2) is 8.75 Å². The molecule has 64 valence electrons. The molecule has 5 nitrogen and oxygen atoms in total. The van der Waals surface area contributed by atoms with Crippen molar-refractivity contribution in [3.05, 3.63) is 28.1 Å². The van der Waals surface area contributed by atoms with Gasteiger partial charge in [0, 0.05) is 10.6 Å². The molecule has 13 heavy (non-hydrogen) atoms. The van der Waals surface area contributed by atoms with Crippen LogP contribution in [0.25, 0.3) is 21.5 Å². The van der Waals surface area contributed by atoms with E-state index in [-0.39, 0.29) is 0 Å². The number of rotatable bonds is 1. The van der Waals surface area contributed by atoms with Gasteiger partial charge in [0.2, 0.25) is 0 Å². The highest BCUT2D eigenvalue weighted by molar-refractivity contribution is 7.00. The van der Waals surface area contributed by atoms with Crippen LogP contribution in [0.3, 0.4) is 0 Å². The Morgan fingerprint density at radius 2 is 2.08 bits per heavy atom. The molecule has 0 aliphatic rings. The highest BCUT2D eigenvalue weighted by atomic mass is 32.1. The van der Waals surface area contributed by atoms with Crippen LogP contribution in [0.4, 0.5) is 5.69 Å². The molecular weight excluding hydrogens is 186 g/mol. The van der Waals surface area contributed by atoms with E-state index < -0.39 is 0 Å². The Labute approximate surface area is 78.0 Å². The van der Waals surface area contributed by atoms with E-state index in [1.807, 2.05) is 13.0 Å². The lowest BCUT2D eigenvalue weighted by Crippen LogP contribution is -1.75. The fourth-order valence-corrected chi connectivity index (χ4v) is 1.59. The summed E-state index contributed by atoms with van der Waals surface area (Å²) in [6.07, 6.45) is 0. The molecule has 1 heterocycles. The van der Waals surface area contributed by atoms with Gasteiger partial charge in [0.05, 0.1) is 11.7 Å². The second-order valence-electron chi connectivity index (χ2n) is 2.58. The second-order valence-corrected chi connectivity index (χ2v) is 3.11. The average Bonchev–Trinajstić information content (AvgIpc) is 2.52. The monoisotopic (exact) mass is 191 g/mol. The number of hydrogen-bond donors (Lipinski definition) is 0. The zero-order chi connectivity index (χ0) is 9.26. The maximum atomic E-state index is 8.29. The van der Waals surface area contributed by atoms with Gasteiger partial charge < -0.3 is 0 Å². The van der Waals surface area contributed by atoms with Gasteiger partial charge in [-0.1, -0.05) is 5.11 Å². The number of aryl methyl sites for hydroxylation is 1. The van der Waals surface area contributed by atoms with Gasteiger partial charge in [-0.3, -0.25) is 0 Å². The van der Waals surface area contributed by atoms with Gasteiger partial charge in [0.15, 0.2) is 0 Å². The molecule has 6 heteroatoms. The Bertz CT molecular complexity index is 497. The molecule has 0 spiro atoms. The van der Waals surface area contributed by atoms with Gasteiger partial charge in [0.1, 0.15) is 11.0 Å². The normalized spacial score (nSPS) is 9.92. The third kappa shape index (κ3) is 1.32. The van der Waals surface area contributed by atoms with Crippen molar-refractivity contribution in [2.75, 3.05) is 0 Å². The van der Waals surface area contributed by atoms with E-state index in [0.717, 1.165) is 28.3 Å². The molecule has 0 saturated carbocycles. The van der Waals surface area contributed by atoms with Crippen LogP contribution in [0.2, 0.25) is 0 Å². The molecular formula is C7H5N5S. The first kappa shape index (κ1) is 7.97.